The van der Waals surface area contributed by atoms with Gasteiger partial charge in [-0.25, -0.2) is 8.42 Å². The quantitative estimate of drug-likeness (QED) is 0.855. The fourth-order valence-corrected chi connectivity index (χ4v) is 5.22. The van der Waals surface area contributed by atoms with Gasteiger partial charge in [0.05, 0.1) is 15.7 Å². The fourth-order valence-electron chi connectivity index (χ4n) is 2.54. The molecule has 0 spiro atoms. The lowest BCUT2D eigenvalue weighted by Gasteiger charge is -2.20. The minimum Gasteiger partial charge on any atom is -0.544 e. The first-order valence-electron chi connectivity index (χ1n) is 6.31. The first kappa shape index (κ1) is 14.2. The number of sulfonamides is 1. The highest BCUT2D eigenvalue weighted by atomic mass is 32.2. The molecule has 3 rings (SSSR count). The Kier molecular flexibility index (Phi) is 3.35. The highest BCUT2D eigenvalue weighted by molar-refractivity contribution is 7.89. The Morgan fingerprint density at radius 2 is 2.10 bits per heavy atom. The second-order valence-electron chi connectivity index (χ2n) is 4.86. The average molecular weight is 322 g/mol. The van der Waals surface area contributed by atoms with Crippen molar-refractivity contribution in [2.45, 2.75) is 24.4 Å². The van der Waals surface area contributed by atoms with Crippen molar-refractivity contribution >= 4 is 27.3 Å². The van der Waals surface area contributed by atoms with Crippen LogP contribution in [0.1, 0.15) is 33.8 Å². The van der Waals surface area contributed by atoms with Gasteiger partial charge in [-0.1, -0.05) is 24.3 Å². The number of rotatable bonds is 3. The van der Waals surface area contributed by atoms with Crippen molar-refractivity contribution < 1.29 is 18.3 Å². The van der Waals surface area contributed by atoms with E-state index in [1.165, 1.54) is 9.69 Å². The molecule has 0 bridgehead atoms. The van der Waals surface area contributed by atoms with E-state index in [9.17, 15) is 18.3 Å². The molecule has 0 saturated carbocycles. The van der Waals surface area contributed by atoms with Crippen LogP contribution in [0.25, 0.3) is 0 Å². The van der Waals surface area contributed by atoms with Crippen LogP contribution < -0.4 is 5.11 Å². The summed E-state index contributed by atoms with van der Waals surface area (Å²) in [4.78, 5) is 10.7. The maximum Gasteiger partial charge on any atom is 0.244 e. The number of hydrogen-bond acceptors (Lipinski definition) is 5. The van der Waals surface area contributed by atoms with E-state index < -0.39 is 16.0 Å². The number of aromatic carboxylic acids is 1. The largest absolute Gasteiger partial charge is 0.544 e. The molecule has 1 atom stereocenters. The normalized spacial score (nSPS) is 18.6. The number of hydrogen-bond donors (Lipinski definition) is 0. The van der Waals surface area contributed by atoms with E-state index in [1.807, 2.05) is 31.2 Å². The zero-order chi connectivity index (χ0) is 15.2. The maximum absolute atomic E-state index is 12.7. The highest BCUT2D eigenvalue weighted by Crippen LogP contribution is 2.38. The number of carboxylic acids is 1. The summed E-state index contributed by atoms with van der Waals surface area (Å²) in [5.74, 6) is -1.36. The Hall–Kier alpha value is -1.70. The molecule has 0 fully saturated rings. The summed E-state index contributed by atoms with van der Waals surface area (Å²) in [6.07, 6.45) is 0. The number of benzene rings is 1. The zero-order valence-corrected chi connectivity index (χ0v) is 12.8. The second-order valence-corrected chi connectivity index (χ2v) is 7.66. The van der Waals surface area contributed by atoms with Crippen molar-refractivity contribution in [3.63, 3.8) is 0 Å². The smallest absolute Gasteiger partial charge is 0.244 e. The van der Waals surface area contributed by atoms with E-state index in [2.05, 4.69) is 0 Å². The van der Waals surface area contributed by atoms with Crippen LogP contribution in [-0.4, -0.2) is 18.7 Å². The van der Waals surface area contributed by atoms with Gasteiger partial charge in [-0.2, -0.15) is 4.31 Å². The van der Waals surface area contributed by atoms with Gasteiger partial charge in [-0.05, 0) is 24.1 Å². The molecule has 0 amide bonds. The summed E-state index contributed by atoms with van der Waals surface area (Å²) in [5, 5.41) is 12.1. The Balaban J connectivity index is 1.98. The molecule has 0 radical (unpaired) electrons. The van der Waals surface area contributed by atoms with Gasteiger partial charge >= 0.3 is 0 Å². The van der Waals surface area contributed by atoms with Gasteiger partial charge in [0.1, 0.15) is 0 Å². The van der Waals surface area contributed by atoms with Crippen LogP contribution in [0.3, 0.4) is 0 Å². The molecule has 2 heterocycles. The number of carbonyl (C=O) groups is 1. The van der Waals surface area contributed by atoms with Crippen molar-refractivity contribution in [1.82, 2.24) is 4.31 Å². The number of carbonyl (C=O) groups excluding carboxylic acids is 1. The summed E-state index contributed by atoms with van der Waals surface area (Å²) in [7, 11) is -3.72. The van der Waals surface area contributed by atoms with Crippen LogP contribution >= 0.6 is 11.3 Å². The molecule has 0 unspecified atom stereocenters. The van der Waals surface area contributed by atoms with Gasteiger partial charge < -0.3 is 9.90 Å². The number of nitrogens with zero attached hydrogens (tertiary/aromatic N) is 1. The Labute approximate surface area is 126 Å². The SMILES string of the molecule is C[C@@H]1c2ccccc2CN1S(=O)(=O)c1csc(C(=O)[O-])c1. The number of thiophene rings is 1. The van der Waals surface area contributed by atoms with Crippen molar-refractivity contribution in [2.24, 2.45) is 0 Å². The van der Waals surface area contributed by atoms with Crippen LogP contribution in [-0.2, 0) is 16.6 Å². The predicted molar refractivity (Wildman–Crippen MR) is 76.2 cm³/mol. The lowest BCUT2D eigenvalue weighted by Crippen LogP contribution is -2.28. The summed E-state index contributed by atoms with van der Waals surface area (Å²) in [5.41, 5.74) is 1.96. The molecule has 1 aromatic carbocycles. The average Bonchev–Trinajstić information content (AvgIpc) is 3.05. The molecule has 0 N–H and O–H groups in total. The second kappa shape index (κ2) is 4.94. The predicted octanol–water partition coefficient (Wildman–Crippen LogP) is 1.38. The summed E-state index contributed by atoms with van der Waals surface area (Å²) < 4.78 is 26.7. The van der Waals surface area contributed by atoms with Crippen molar-refractivity contribution in [2.75, 3.05) is 0 Å². The van der Waals surface area contributed by atoms with Gasteiger partial charge in [0.15, 0.2) is 0 Å². The fraction of sp³-hybridized carbons (Fsp3) is 0.214. The van der Waals surface area contributed by atoms with Crippen molar-refractivity contribution in [3.8, 4) is 0 Å². The minimum atomic E-state index is -3.72. The van der Waals surface area contributed by atoms with Gasteiger partial charge in [-0.3, -0.25) is 0 Å². The zero-order valence-electron chi connectivity index (χ0n) is 11.1. The molecular formula is C14H12NO4S2-. The molecule has 5 nitrogen and oxygen atoms in total. The summed E-state index contributed by atoms with van der Waals surface area (Å²) >= 11 is 0.861. The van der Waals surface area contributed by atoms with Crippen LogP contribution in [0.2, 0.25) is 0 Å². The molecule has 0 aliphatic carbocycles. The van der Waals surface area contributed by atoms with Crippen LogP contribution in [0.15, 0.2) is 40.6 Å². The van der Waals surface area contributed by atoms with E-state index in [1.54, 1.807) is 0 Å². The van der Waals surface area contributed by atoms with E-state index in [0.29, 0.717) is 6.54 Å². The summed E-state index contributed by atoms with van der Waals surface area (Å²) in [6, 6.07) is 8.46. The van der Waals surface area contributed by atoms with Crippen LogP contribution in [0, 0.1) is 0 Å². The van der Waals surface area contributed by atoms with Gasteiger partial charge in [0.2, 0.25) is 10.0 Å². The molecule has 0 saturated heterocycles. The van der Waals surface area contributed by atoms with E-state index in [4.69, 9.17) is 0 Å². The molecule has 110 valence electrons. The molecule has 2 aromatic rings. The lowest BCUT2D eigenvalue weighted by molar-refractivity contribution is -0.254. The topological polar surface area (TPSA) is 77.5 Å². The van der Waals surface area contributed by atoms with E-state index in [-0.39, 0.29) is 15.8 Å². The van der Waals surface area contributed by atoms with Crippen LogP contribution in [0.5, 0.6) is 0 Å². The molecule has 1 aromatic heterocycles. The Bertz CT molecular complexity index is 810. The Morgan fingerprint density at radius 3 is 2.71 bits per heavy atom. The third-order valence-electron chi connectivity index (χ3n) is 3.65. The number of carboxylic acid groups (broad SMARTS) is 1. The molecular weight excluding hydrogens is 310 g/mol. The molecule has 21 heavy (non-hydrogen) atoms. The van der Waals surface area contributed by atoms with Crippen molar-refractivity contribution in [1.29, 1.82) is 0 Å². The number of fused-ring (bicyclic) bond motifs is 1. The first-order chi connectivity index (χ1) is 9.91. The highest BCUT2D eigenvalue weighted by Gasteiger charge is 2.36. The van der Waals surface area contributed by atoms with Gasteiger partial charge in [0.25, 0.3) is 0 Å². The van der Waals surface area contributed by atoms with Gasteiger partial charge in [0, 0.05) is 18.0 Å². The first-order valence-corrected chi connectivity index (χ1v) is 8.63. The summed E-state index contributed by atoms with van der Waals surface area (Å²) in [6.45, 7) is 2.13. The van der Waals surface area contributed by atoms with Gasteiger partial charge in [-0.15, -0.1) is 11.3 Å². The van der Waals surface area contributed by atoms with Crippen LogP contribution in [0.4, 0.5) is 0 Å². The van der Waals surface area contributed by atoms with Crippen molar-refractivity contribution in [3.05, 3.63) is 51.7 Å². The third-order valence-corrected chi connectivity index (χ3v) is 6.60. The monoisotopic (exact) mass is 322 g/mol. The molecule has 7 heteroatoms. The lowest BCUT2D eigenvalue weighted by atomic mass is 10.1. The minimum absolute atomic E-state index is 0.00589. The van der Waals surface area contributed by atoms with E-state index >= 15 is 0 Å². The molecule has 1 aliphatic rings. The standard InChI is InChI=1S/C14H13NO4S2/c1-9-12-5-3-2-4-10(12)7-15(9)21(18,19)11-6-13(14(16)17)20-8-11/h2-6,8-9H,7H2,1H3,(H,16,17)/p-1/t9-/m1/s1. The maximum atomic E-state index is 12.7. The molecule has 1 aliphatic heterocycles. The Morgan fingerprint density at radius 1 is 1.38 bits per heavy atom. The van der Waals surface area contributed by atoms with E-state index in [0.717, 1.165) is 28.5 Å². The third kappa shape index (κ3) is 2.27.